The zero-order valence-corrected chi connectivity index (χ0v) is 15.8. The van der Waals surface area contributed by atoms with E-state index in [1.54, 1.807) is 18.9 Å². The minimum Gasteiger partial charge on any atom is -0.481 e. The lowest BCUT2D eigenvalue weighted by Crippen LogP contribution is -2.56. The van der Waals surface area contributed by atoms with Gasteiger partial charge in [-0.2, -0.15) is 0 Å². The number of carbonyl (C=O) groups is 2. The molecule has 138 valence electrons. The van der Waals surface area contributed by atoms with E-state index >= 15 is 0 Å². The Morgan fingerprint density at radius 2 is 2.15 bits per heavy atom. The highest BCUT2D eigenvalue weighted by Crippen LogP contribution is 2.26. The van der Waals surface area contributed by atoms with Gasteiger partial charge >= 0.3 is 0 Å². The van der Waals surface area contributed by atoms with Crippen molar-refractivity contribution in [3.63, 3.8) is 0 Å². The van der Waals surface area contributed by atoms with Gasteiger partial charge in [-0.1, -0.05) is 16.6 Å². The van der Waals surface area contributed by atoms with Crippen LogP contribution >= 0.6 is 11.5 Å². The molecule has 2 amide bonds. The fraction of sp³-hybridized carbons (Fsp3) is 0.444. The van der Waals surface area contributed by atoms with Gasteiger partial charge in [0.05, 0.1) is 6.20 Å². The highest BCUT2D eigenvalue weighted by atomic mass is 32.1. The lowest BCUT2D eigenvalue weighted by Gasteiger charge is -2.42. The summed E-state index contributed by atoms with van der Waals surface area (Å²) in [6, 6.07) is 7.82. The van der Waals surface area contributed by atoms with E-state index in [9.17, 15) is 9.59 Å². The van der Waals surface area contributed by atoms with E-state index in [0.717, 1.165) is 29.9 Å². The number of hydrogen-bond acceptors (Lipinski definition) is 6. The van der Waals surface area contributed by atoms with Crippen molar-refractivity contribution in [2.75, 3.05) is 7.05 Å². The van der Waals surface area contributed by atoms with Gasteiger partial charge < -0.3 is 15.0 Å². The van der Waals surface area contributed by atoms with E-state index in [2.05, 4.69) is 14.9 Å². The maximum atomic E-state index is 12.6. The zero-order chi connectivity index (χ0) is 18.7. The van der Waals surface area contributed by atoms with Crippen LogP contribution < -0.4 is 10.1 Å². The number of nitrogens with one attached hydrogen (secondary N) is 1. The molecule has 1 saturated carbocycles. The lowest BCUT2D eigenvalue weighted by atomic mass is 9.85. The Bertz CT molecular complexity index is 775. The summed E-state index contributed by atoms with van der Waals surface area (Å²) in [5, 5.41) is 6.60. The van der Waals surface area contributed by atoms with Crippen molar-refractivity contribution in [1.82, 2.24) is 19.8 Å². The van der Waals surface area contributed by atoms with Gasteiger partial charge in [0.25, 0.3) is 11.8 Å². The fourth-order valence-electron chi connectivity index (χ4n) is 2.96. The Morgan fingerprint density at radius 3 is 2.81 bits per heavy atom. The molecule has 1 aliphatic rings. The van der Waals surface area contributed by atoms with Crippen LogP contribution in [0.3, 0.4) is 0 Å². The molecule has 2 aromatic rings. The number of carbonyl (C=O) groups excluding carboxylic acids is 2. The monoisotopic (exact) mass is 374 g/mol. The molecule has 1 unspecified atom stereocenters. The van der Waals surface area contributed by atoms with E-state index in [1.165, 1.54) is 6.20 Å². The zero-order valence-electron chi connectivity index (χ0n) is 15.0. The van der Waals surface area contributed by atoms with E-state index < -0.39 is 6.10 Å². The van der Waals surface area contributed by atoms with Gasteiger partial charge in [-0.25, -0.2) is 0 Å². The summed E-state index contributed by atoms with van der Waals surface area (Å²) in [4.78, 5) is 26.8. The molecule has 0 saturated heterocycles. The third-order valence-corrected chi connectivity index (χ3v) is 5.24. The normalized spacial score (nSPS) is 20.0. The summed E-state index contributed by atoms with van der Waals surface area (Å²) in [7, 11) is 1.79. The summed E-state index contributed by atoms with van der Waals surface area (Å²) < 4.78 is 9.45. The summed E-state index contributed by atoms with van der Waals surface area (Å²) in [5.41, 5.74) is 1.09. The summed E-state index contributed by atoms with van der Waals surface area (Å²) in [6.07, 6.45) is 2.36. The molecule has 0 radical (unpaired) electrons. The lowest BCUT2D eigenvalue weighted by molar-refractivity contribution is -0.140. The SMILES string of the molecule is Cc1cccc(OC(C)C(=O)N(C)C2CC(NC(=O)c3cnns3)C2)c1. The first kappa shape index (κ1) is 18.3. The Balaban J connectivity index is 1.46. The Morgan fingerprint density at radius 1 is 1.38 bits per heavy atom. The van der Waals surface area contributed by atoms with Gasteiger partial charge in [-0.15, -0.1) is 5.10 Å². The van der Waals surface area contributed by atoms with Gasteiger partial charge in [-0.3, -0.25) is 9.59 Å². The number of amides is 2. The molecule has 0 spiro atoms. The molecule has 1 heterocycles. The van der Waals surface area contributed by atoms with Crippen LogP contribution in [0, 0.1) is 6.92 Å². The van der Waals surface area contributed by atoms with Gasteiger partial charge in [0.1, 0.15) is 10.6 Å². The van der Waals surface area contributed by atoms with Crippen molar-refractivity contribution < 1.29 is 14.3 Å². The topological polar surface area (TPSA) is 84.4 Å². The van der Waals surface area contributed by atoms with Gasteiger partial charge in [0.15, 0.2) is 6.10 Å². The number of aryl methyl sites for hydroxylation is 1. The molecule has 3 rings (SSSR count). The molecule has 1 N–H and O–H groups in total. The number of aromatic nitrogens is 2. The van der Waals surface area contributed by atoms with Crippen molar-refractivity contribution in [2.24, 2.45) is 0 Å². The minimum absolute atomic E-state index is 0.0621. The molecule has 1 fully saturated rings. The highest BCUT2D eigenvalue weighted by molar-refractivity contribution is 7.07. The van der Waals surface area contributed by atoms with Crippen LogP contribution in [0.1, 0.15) is 35.0 Å². The molecule has 8 heteroatoms. The van der Waals surface area contributed by atoms with Gasteiger partial charge in [-0.05, 0) is 55.9 Å². The highest BCUT2D eigenvalue weighted by Gasteiger charge is 2.36. The van der Waals surface area contributed by atoms with Crippen molar-refractivity contribution in [3.05, 3.63) is 40.9 Å². The first-order valence-corrected chi connectivity index (χ1v) is 9.29. The number of likely N-dealkylation sites (N-methyl/N-ethyl adjacent to an activating group) is 1. The molecule has 26 heavy (non-hydrogen) atoms. The number of nitrogens with zero attached hydrogens (tertiary/aromatic N) is 3. The maximum absolute atomic E-state index is 12.6. The van der Waals surface area contributed by atoms with Crippen molar-refractivity contribution in [1.29, 1.82) is 0 Å². The average molecular weight is 374 g/mol. The van der Waals surface area contributed by atoms with Crippen molar-refractivity contribution in [2.45, 2.75) is 44.9 Å². The molecule has 0 bridgehead atoms. The largest absolute Gasteiger partial charge is 0.481 e. The van der Waals surface area contributed by atoms with E-state index in [0.29, 0.717) is 10.6 Å². The van der Waals surface area contributed by atoms with Crippen LogP contribution in [0.2, 0.25) is 0 Å². The Hall–Kier alpha value is -2.48. The summed E-state index contributed by atoms with van der Waals surface area (Å²) in [6.45, 7) is 3.74. The second-order valence-corrected chi connectivity index (χ2v) is 7.39. The number of ether oxygens (including phenoxy) is 1. The van der Waals surface area contributed by atoms with Crippen molar-refractivity contribution in [3.8, 4) is 5.75 Å². The van der Waals surface area contributed by atoms with E-state index in [-0.39, 0.29) is 23.9 Å². The summed E-state index contributed by atoms with van der Waals surface area (Å²) in [5.74, 6) is 0.470. The third-order valence-electron chi connectivity index (χ3n) is 4.58. The minimum atomic E-state index is -0.557. The first-order valence-electron chi connectivity index (χ1n) is 8.52. The molecule has 7 nitrogen and oxygen atoms in total. The number of benzene rings is 1. The second kappa shape index (κ2) is 7.82. The predicted molar refractivity (Wildman–Crippen MR) is 98.2 cm³/mol. The molecule has 1 aliphatic carbocycles. The molecule has 0 aliphatic heterocycles. The van der Waals surface area contributed by atoms with Crippen LogP contribution in [0.15, 0.2) is 30.5 Å². The van der Waals surface area contributed by atoms with Crippen LogP contribution in [0.5, 0.6) is 5.75 Å². The second-order valence-electron chi connectivity index (χ2n) is 6.60. The van der Waals surface area contributed by atoms with Crippen LogP contribution in [0.25, 0.3) is 0 Å². The summed E-state index contributed by atoms with van der Waals surface area (Å²) >= 11 is 1.07. The van der Waals surface area contributed by atoms with Crippen LogP contribution in [-0.4, -0.2) is 51.5 Å². The van der Waals surface area contributed by atoms with Crippen LogP contribution in [-0.2, 0) is 4.79 Å². The van der Waals surface area contributed by atoms with Crippen molar-refractivity contribution >= 4 is 23.3 Å². The molecular weight excluding hydrogens is 352 g/mol. The smallest absolute Gasteiger partial charge is 0.264 e. The Labute approximate surface area is 156 Å². The van der Waals surface area contributed by atoms with E-state index in [1.807, 2.05) is 31.2 Å². The third kappa shape index (κ3) is 4.19. The maximum Gasteiger partial charge on any atom is 0.264 e. The standard InChI is InChI=1S/C18H22N4O3S/c1-11-5-4-6-15(7-11)25-12(2)18(24)22(3)14-8-13(9-14)20-17(23)16-10-19-21-26-16/h4-7,10,12-14H,8-9H2,1-3H3,(H,20,23). The molecular formula is C18H22N4O3S. The number of hydrogen-bond donors (Lipinski definition) is 1. The number of rotatable bonds is 6. The Kier molecular flexibility index (Phi) is 5.51. The first-order chi connectivity index (χ1) is 12.4. The van der Waals surface area contributed by atoms with Gasteiger partial charge in [0, 0.05) is 19.1 Å². The molecule has 1 aromatic carbocycles. The molecule has 1 atom stereocenters. The van der Waals surface area contributed by atoms with Crippen LogP contribution in [0.4, 0.5) is 0 Å². The predicted octanol–water partition coefficient (Wildman–Crippen LogP) is 2.03. The quantitative estimate of drug-likeness (QED) is 0.836. The fourth-order valence-corrected chi connectivity index (χ4v) is 3.37. The van der Waals surface area contributed by atoms with Gasteiger partial charge in [0.2, 0.25) is 0 Å². The molecule has 1 aromatic heterocycles. The van der Waals surface area contributed by atoms with E-state index in [4.69, 9.17) is 4.74 Å². The average Bonchev–Trinajstić information content (AvgIpc) is 3.11.